The van der Waals surface area contributed by atoms with Gasteiger partial charge in [0.1, 0.15) is 0 Å². The fourth-order valence-electron chi connectivity index (χ4n) is 1.66. The van der Waals surface area contributed by atoms with E-state index in [1.807, 2.05) is 13.8 Å². The first kappa shape index (κ1) is 12.5. The third-order valence-electron chi connectivity index (χ3n) is 2.50. The number of esters is 1. The SMILES string of the molecule is CO[C@@H](C(=O)O[C@H]1C[C@H](C)CO1)C(C)C. The summed E-state index contributed by atoms with van der Waals surface area (Å²) in [5.74, 6) is 0.246. The van der Waals surface area contributed by atoms with Crippen LogP contribution in [0.15, 0.2) is 0 Å². The molecular formula is C11H20O4. The van der Waals surface area contributed by atoms with Crippen LogP contribution in [-0.2, 0) is 19.0 Å². The summed E-state index contributed by atoms with van der Waals surface area (Å²) >= 11 is 0. The molecule has 15 heavy (non-hydrogen) atoms. The molecule has 4 nitrogen and oxygen atoms in total. The summed E-state index contributed by atoms with van der Waals surface area (Å²) < 4.78 is 15.6. The normalized spacial score (nSPS) is 28.1. The third-order valence-corrected chi connectivity index (χ3v) is 2.50. The van der Waals surface area contributed by atoms with Gasteiger partial charge in [0, 0.05) is 13.5 Å². The Morgan fingerprint density at radius 2 is 2.13 bits per heavy atom. The van der Waals surface area contributed by atoms with Gasteiger partial charge in [0.25, 0.3) is 0 Å². The van der Waals surface area contributed by atoms with E-state index in [4.69, 9.17) is 14.2 Å². The van der Waals surface area contributed by atoms with E-state index in [0.29, 0.717) is 12.5 Å². The highest BCUT2D eigenvalue weighted by atomic mass is 16.7. The standard InChI is InChI=1S/C11H20O4/c1-7(2)10(13-4)11(12)15-9-5-8(3)6-14-9/h7-10H,5-6H2,1-4H3/t8-,9-,10+/m0/s1. The number of methoxy groups -OCH3 is 1. The van der Waals surface area contributed by atoms with Crippen molar-refractivity contribution in [1.29, 1.82) is 0 Å². The molecule has 0 amide bonds. The first-order valence-electron chi connectivity index (χ1n) is 5.39. The molecule has 1 aliphatic heterocycles. The van der Waals surface area contributed by atoms with Crippen LogP contribution < -0.4 is 0 Å². The van der Waals surface area contributed by atoms with Gasteiger partial charge in [0.05, 0.1) is 6.61 Å². The lowest BCUT2D eigenvalue weighted by Gasteiger charge is -2.19. The third kappa shape index (κ3) is 3.47. The lowest BCUT2D eigenvalue weighted by atomic mass is 10.1. The predicted molar refractivity (Wildman–Crippen MR) is 55.2 cm³/mol. The molecule has 0 saturated carbocycles. The summed E-state index contributed by atoms with van der Waals surface area (Å²) in [6, 6.07) is 0. The molecule has 3 atom stereocenters. The number of carbonyl (C=O) groups is 1. The molecule has 4 heteroatoms. The molecule has 0 aromatic heterocycles. The van der Waals surface area contributed by atoms with Crippen molar-refractivity contribution >= 4 is 5.97 Å². The van der Waals surface area contributed by atoms with Crippen molar-refractivity contribution in [3.05, 3.63) is 0 Å². The summed E-state index contributed by atoms with van der Waals surface area (Å²) in [6.07, 6.45) is -0.103. The molecule has 0 aromatic rings. The van der Waals surface area contributed by atoms with Gasteiger partial charge in [-0.05, 0) is 11.8 Å². The van der Waals surface area contributed by atoms with Gasteiger partial charge >= 0.3 is 5.97 Å². The van der Waals surface area contributed by atoms with Crippen molar-refractivity contribution < 1.29 is 19.0 Å². The fraction of sp³-hybridized carbons (Fsp3) is 0.909. The predicted octanol–water partition coefficient (Wildman–Crippen LogP) is 1.58. The van der Waals surface area contributed by atoms with E-state index >= 15 is 0 Å². The van der Waals surface area contributed by atoms with Gasteiger partial charge in [-0.2, -0.15) is 0 Å². The number of hydrogen-bond donors (Lipinski definition) is 0. The highest BCUT2D eigenvalue weighted by molar-refractivity contribution is 5.75. The Labute approximate surface area is 90.9 Å². The van der Waals surface area contributed by atoms with Gasteiger partial charge in [-0.3, -0.25) is 0 Å². The second kappa shape index (κ2) is 5.47. The number of hydrogen-bond acceptors (Lipinski definition) is 4. The van der Waals surface area contributed by atoms with Crippen LogP contribution in [0.3, 0.4) is 0 Å². The molecular weight excluding hydrogens is 196 g/mol. The van der Waals surface area contributed by atoms with Crippen molar-refractivity contribution in [2.75, 3.05) is 13.7 Å². The highest BCUT2D eigenvalue weighted by Gasteiger charge is 2.30. The van der Waals surface area contributed by atoms with Crippen LogP contribution in [0.5, 0.6) is 0 Å². The molecule has 0 aliphatic carbocycles. The number of ether oxygens (including phenoxy) is 3. The van der Waals surface area contributed by atoms with Crippen LogP contribution in [0.2, 0.25) is 0 Å². The highest BCUT2D eigenvalue weighted by Crippen LogP contribution is 2.21. The minimum atomic E-state index is -0.496. The second-order valence-corrected chi connectivity index (χ2v) is 4.44. The van der Waals surface area contributed by atoms with Crippen molar-refractivity contribution in [3.63, 3.8) is 0 Å². The van der Waals surface area contributed by atoms with E-state index in [2.05, 4.69) is 6.92 Å². The van der Waals surface area contributed by atoms with E-state index in [9.17, 15) is 4.79 Å². The van der Waals surface area contributed by atoms with Crippen LogP contribution in [-0.4, -0.2) is 32.1 Å². The van der Waals surface area contributed by atoms with Crippen LogP contribution >= 0.6 is 0 Å². The molecule has 0 unspecified atom stereocenters. The van der Waals surface area contributed by atoms with Gasteiger partial charge in [-0.15, -0.1) is 0 Å². The van der Waals surface area contributed by atoms with E-state index in [0.717, 1.165) is 6.42 Å². The molecule has 1 rings (SSSR count). The van der Waals surface area contributed by atoms with Crippen LogP contribution in [0, 0.1) is 11.8 Å². The van der Waals surface area contributed by atoms with Crippen molar-refractivity contribution in [2.45, 2.75) is 39.6 Å². The molecule has 1 aliphatic rings. The molecule has 0 aromatic carbocycles. The maximum atomic E-state index is 11.7. The van der Waals surface area contributed by atoms with Gasteiger partial charge in [0.15, 0.2) is 6.10 Å². The van der Waals surface area contributed by atoms with E-state index in [1.54, 1.807) is 0 Å². The Hall–Kier alpha value is -0.610. The molecule has 88 valence electrons. The Morgan fingerprint density at radius 3 is 2.53 bits per heavy atom. The maximum Gasteiger partial charge on any atom is 0.337 e. The number of carbonyl (C=O) groups excluding carboxylic acids is 1. The fourth-order valence-corrected chi connectivity index (χ4v) is 1.66. The Bertz CT molecular complexity index is 215. The lowest BCUT2D eigenvalue weighted by Crippen LogP contribution is -2.33. The van der Waals surface area contributed by atoms with Crippen LogP contribution in [0.1, 0.15) is 27.2 Å². The average molecular weight is 216 g/mol. The maximum absolute atomic E-state index is 11.7. The first-order valence-corrected chi connectivity index (χ1v) is 5.39. The Morgan fingerprint density at radius 1 is 1.47 bits per heavy atom. The molecule has 0 bridgehead atoms. The lowest BCUT2D eigenvalue weighted by molar-refractivity contribution is -0.183. The monoisotopic (exact) mass is 216 g/mol. The van der Waals surface area contributed by atoms with Crippen molar-refractivity contribution in [3.8, 4) is 0 Å². The van der Waals surface area contributed by atoms with Gasteiger partial charge in [-0.1, -0.05) is 20.8 Å². The Balaban J connectivity index is 2.40. The zero-order valence-electron chi connectivity index (χ0n) is 9.86. The molecule has 0 N–H and O–H groups in total. The van der Waals surface area contributed by atoms with Gasteiger partial charge in [0.2, 0.25) is 6.29 Å². The quantitative estimate of drug-likeness (QED) is 0.669. The Kier molecular flexibility index (Phi) is 4.54. The van der Waals surface area contributed by atoms with Crippen molar-refractivity contribution in [1.82, 2.24) is 0 Å². The summed E-state index contributed by atoms with van der Waals surface area (Å²) in [7, 11) is 1.52. The minimum absolute atomic E-state index is 0.112. The van der Waals surface area contributed by atoms with E-state index in [1.165, 1.54) is 7.11 Å². The molecule has 1 saturated heterocycles. The van der Waals surface area contributed by atoms with Gasteiger partial charge < -0.3 is 14.2 Å². The summed E-state index contributed by atoms with van der Waals surface area (Å²) in [5.41, 5.74) is 0. The largest absolute Gasteiger partial charge is 0.434 e. The van der Waals surface area contributed by atoms with Gasteiger partial charge in [-0.25, -0.2) is 4.79 Å². The summed E-state index contributed by atoms with van der Waals surface area (Å²) in [5, 5.41) is 0. The molecule has 1 heterocycles. The molecule has 0 spiro atoms. The second-order valence-electron chi connectivity index (χ2n) is 4.44. The molecule has 0 radical (unpaired) electrons. The topological polar surface area (TPSA) is 44.8 Å². The molecule has 1 fully saturated rings. The summed E-state index contributed by atoms with van der Waals surface area (Å²) in [6.45, 7) is 6.59. The summed E-state index contributed by atoms with van der Waals surface area (Å²) in [4.78, 5) is 11.7. The zero-order chi connectivity index (χ0) is 11.4. The van der Waals surface area contributed by atoms with Crippen LogP contribution in [0.25, 0.3) is 0 Å². The number of rotatable bonds is 4. The van der Waals surface area contributed by atoms with Crippen LogP contribution in [0.4, 0.5) is 0 Å². The van der Waals surface area contributed by atoms with Crippen molar-refractivity contribution in [2.24, 2.45) is 11.8 Å². The smallest absolute Gasteiger partial charge is 0.337 e. The first-order chi connectivity index (χ1) is 7.04. The average Bonchev–Trinajstić information content (AvgIpc) is 2.51. The minimum Gasteiger partial charge on any atom is -0.434 e. The van der Waals surface area contributed by atoms with E-state index < -0.39 is 6.10 Å². The zero-order valence-corrected chi connectivity index (χ0v) is 9.86. The van der Waals surface area contributed by atoms with E-state index in [-0.39, 0.29) is 18.2 Å².